The molecule has 3 aromatic rings. The minimum Gasteiger partial charge on any atom is -0.324 e. The molecule has 0 aliphatic heterocycles. The molecule has 0 radical (unpaired) electrons. The average Bonchev–Trinajstić information content (AvgIpc) is 2.86. The first-order valence-corrected chi connectivity index (χ1v) is 8.03. The molecule has 2 aromatic carbocycles. The predicted molar refractivity (Wildman–Crippen MR) is 92.8 cm³/mol. The second-order valence-corrected chi connectivity index (χ2v) is 6.52. The summed E-state index contributed by atoms with van der Waals surface area (Å²) in [7, 11) is 0. The summed E-state index contributed by atoms with van der Waals surface area (Å²) in [6.07, 6.45) is 0. The zero-order valence-corrected chi connectivity index (χ0v) is 13.9. The Kier molecular flexibility index (Phi) is 4.51. The number of aromatic nitrogens is 1. The van der Waals surface area contributed by atoms with E-state index in [4.69, 9.17) is 11.6 Å². The zero-order valence-electron chi connectivity index (χ0n) is 12.4. The number of nitro benzene ring substituents is 1. The van der Waals surface area contributed by atoms with Crippen molar-refractivity contribution in [3.05, 3.63) is 67.7 Å². The van der Waals surface area contributed by atoms with E-state index in [1.54, 1.807) is 0 Å². The number of hydrogen-bond acceptors (Lipinski definition) is 5. The number of nitrogens with one attached hydrogen (secondary N) is 1. The van der Waals surface area contributed by atoms with Gasteiger partial charge in [-0.2, -0.15) is 0 Å². The summed E-state index contributed by atoms with van der Waals surface area (Å²) in [5.74, 6) is -1.12. The zero-order chi connectivity index (χ0) is 18.1. The minimum atomic E-state index is -0.609. The fourth-order valence-electron chi connectivity index (χ4n) is 2.18. The number of amides is 1. The molecule has 0 unspecified atom stereocenters. The van der Waals surface area contributed by atoms with E-state index in [-0.39, 0.29) is 17.3 Å². The molecule has 1 amide bonds. The van der Waals surface area contributed by atoms with Crippen molar-refractivity contribution in [2.24, 2.45) is 0 Å². The van der Waals surface area contributed by atoms with Crippen LogP contribution in [0.25, 0.3) is 10.1 Å². The van der Waals surface area contributed by atoms with Gasteiger partial charge in [-0.15, -0.1) is 0 Å². The van der Waals surface area contributed by atoms with E-state index in [9.17, 15) is 24.1 Å². The molecule has 1 aromatic heterocycles. The SMILES string of the molecule is O=C(Cn1sc2cc([N+](=O)[O-])ccc2c1=O)Nc1ccc(F)c(Cl)c1. The van der Waals surface area contributed by atoms with Crippen LogP contribution in [-0.2, 0) is 11.3 Å². The van der Waals surface area contributed by atoms with Crippen LogP contribution in [0.5, 0.6) is 0 Å². The van der Waals surface area contributed by atoms with Crippen molar-refractivity contribution >= 4 is 50.5 Å². The summed E-state index contributed by atoms with van der Waals surface area (Å²) >= 11 is 6.59. The number of hydrogen-bond donors (Lipinski definition) is 1. The third-order valence-corrected chi connectivity index (χ3v) is 4.67. The van der Waals surface area contributed by atoms with Crippen molar-refractivity contribution in [2.75, 3.05) is 5.32 Å². The molecular weight excluding hydrogens is 373 g/mol. The molecule has 128 valence electrons. The number of nitrogens with zero attached hydrogens (tertiary/aromatic N) is 2. The van der Waals surface area contributed by atoms with E-state index < -0.39 is 22.2 Å². The highest BCUT2D eigenvalue weighted by Gasteiger charge is 2.15. The van der Waals surface area contributed by atoms with Crippen molar-refractivity contribution in [1.29, 1.82) is 0 Å². The van der Waals surface area contributed by atoms with Crippen LogP contribution in [0.15, 0.2) is 41.2 Å². The number of fused-ring (bicyclic) bond motifs is 1. The Morgan fingerprint density at radius 2 is 2.08 bits per heavy atom. The van der Waals surface area contributed by atoms with Crippen molar-refractivity contribution in [1.82, 2.24) is 3.96 Å². The van der Waals surface area contributed by atoms with Gasteiger partial charge in [-0.25, -0.2) is 4.39 Å². The second kappa shape index (κ2) is 6.61. The first-order valence-electron chi connectivity index (χ1n) is 6.88. The molecule has 0 aliphatic carbocycles. The van der Waals surface area contributed by atoms with E-state index in [0.29, 0.717) is 15.8 Å². The van der Waals surface area contributed by atoms with E-state index in [1.165, 1.54) is 34.3 Å². The average molecular weight is 382 g/mol. The molecule has 25 heavy (non-hydrogen) atoms. The molecule has 1 N–H and O–H groups in total. The van der Waals surface area contributed by atoms with Crippen LogP contribution in [0.3, 0.4) is 0 Å². The maximum atomic E-state index is 13.1. The Hall–Kier alpha value is -2.78. The van der Waals surface area contributed by atoms with Crippen molar-refractivity contribution < 1.29 is 14.1 Å². The third kappa shape index (κ3) is 3.52. The van der Waals surface area contributed by atoms with E-state index in [1.807, 2.05) is 0 Å². The predicted octanol–water partition coefficient (Wildman–Crippen LogP) is 3.40. The topological polar surface area (TPSA) is 94.2 Å². The van der Waals surface area contributed by atoms with Gasteiger partial charge >= 0.3 is 0 Å². The molecular formula is C15H9ClFN3O4S. The largest absolute Gasteiger partial charge is 0.324 e. The van der Waals surface area contributed by atoms with Gasteiger partial charge in [0.1, 0.15) is 12.4 Å². The van der Waals surface area contributed by atoms with Gasteiger partial charge in [-0.3, -0.25) is 23.7 Å². The highest BCUT2D eigenvalue weighted by atomic mass is 35.5. The maximum Gasteiger partial charge on any atom is 0.270 e. The minimum absolute atomic E-state index is 0.133. The number of carbonyl (C=O) groups excluding carboxylic acids is 1. The molecule has 7 nitrogen and oxygen atoms in total. The summed E-state index contributed by atoms with van der Waals surface area (Å²) in [6.45, 7) is -0.277. The number of benzene rings is 2. The van der Waals surface area contributed by atoms with Gasteiger partial charge in [0.25, 0.3) is 11.2 Å². The molecule has 1 heterocycles. The van der Waals surface area contributed by atoms with Gasteiger partial charge in [0.2, 0.25) is 5.91 Å². The first-order chi connectivity index (χ1) is 11.8. The lowest BCUT2D eigenvalue weighted by Gasteiger charge is -2.05. The van der Waals surface area contributed by atoms with Gasteiger partial charge in [0, 0.05) is 17.8 Å². The van der Waals surface area contributed by atoms with E-state index >= 15 is 0 Å². The standard InChI is InChI=1S/C15H9ClFN3O4S/c16-11-5-8(1-4-12(11)17)18-14(21)7-19-15(22)10-3-2-9(20(23)24)6-13(10)25-19/h1-6H,7H2,(H,18,21). The lowest BCUT2D eigenvalue weighted by Crippen LogP contribution is -2.23. The molecule has 0 spiro atoms. The van der Waals surface area contributed by atoms with Crippen molar-refractivity contribution in [3.8, 4) is 0 Å². The monoisotopic (exact) mass is 381 g/mol. The highest BCUT2D eigenvalue weighted by Crippen LogP contribution is 2.23. The summed E-state index contributed by atoms with van der Waals surface area (Å²) in [4.78, 5) is 34.6. The Bertz CT molecular complexity index is 1060. The van der Waals surface area contributed by atoms with Crippen LogP contribution in [0, 0.1) is 15.9 Å². The summed E-state index contributed by atoms with van der Waals surface area (Å²) in [6, 6.07) is 7.60. The fraction of sp³-hybridized carbons (Fsp3) is 0.0667. The van der Waals surface area contributed by atoms with Crippen LogP contribution in [0.1, 0.15) is 0 Å². The molecule has 0 bridgehead atoms. The number of non-ortho nitro benzene ring substituents is 1. The van der Waals surface area contributed by atoms with Gasteiger partial charge in [-0.1, -0.05) is 23.1 Å². The third-order valence-electron chi connectivity index (χ3n) is 3.33. The Morgan fingerprint density at radius 1 is 1.32 bits per heavy atom. The molecule has 0 saturated carbocycles. The Labute approximate surface area is 148 Å². The van der Waals surface area contributed by atoms with Crippen LogP contribution >= 0.6 is 23.1 Å². The van der Waals surface area contributed by atoms with Gasteiger partial charge < -0.3 is 5.32 Å². The van der Waals surface area contributed by atoms with Gasteiger partial charge in [0.15, 0.2) is 0 Å². The number of carbonyl (C=O) groups is 1. The van der Waals surface area contributed by atoms with Gasteiger partial charge in [-0.05, 0) is 24.3 Å². The molecule has 10 heteroatoms. The smallest absolute Gasteiger partial charge is 0.270 e. The fourth-order valence-corrected chi connectivity index (χ4v) is 3.39. The Morgan fingerprint density at radius 3 is 2.76 bits per heavy atom. The molecule has 0 saturated heterocycles. The van der Waals surface area contributed by atoms with Gasteiger partial charge in [0.05, 0.1) is 20.0 Å². The summed E-state index contributed by atoms with van der Waals surface area (Å²) in [5, 5.41) is 13.5. The van der Waals surface area contributed by atoms with Crippen molar-refractivity contribution in [3.63, 3.8) is 0 Å². The lowest BCUT2D eigenvalue weighted by molar-refractivity contribution is -0.384. The number of anilines is 1. The first kappa shape index (κ1) is 17.1. The quantitative estimate of drug-likeness (QED) is 0.553. The number of halogens is 2. The highest BCUT2D eigenvalue weighted by molar-refractivity contribution is 7.13. The van der Waals surface area contributed by atoms with Crippen LogP contribution in [-0.4, -0.2) is 14.8 Å². The van der Waals surface area contributed by atoms with E-state index in [0.717, 1.165) is 17.6 Å². The molecule has 0 aliphatic rings. The Balaban J connectivity index is 1.83. The number of nitro groups is 1. The second-order valence-electron chi connectivity index (χ2n) is 5.05. The number of rotatable bonds is 4. The molecule has 0 fully saturated rings. The summed E-state index contributed by atoms with van der Waals surface area (Å²) < 4.78 is 14.7. The maximum absolute atomic E-state index is 13.1. The normalized spacial score (nSPS) is 10.8. The molecule has 0 atom stereocenters. The van der Waals surface area contributed by atoms with E-state index in [2.05, 4.69) is 5.32 Å². The van der Waals surface area contributed by atoms with Crippen LogP contribution in [0.4, 0.5) is 15.8 Å². The van der Waals surface area contributed by atoms with Crippen LogP contribution < -0.4 is 10.9 Å². The summed E-state index contributed by atoms with van der Waals surface area (Å²) in [5.41, 5.74) is -0.255. The van der Waals surface area contributed by atoms with Crippen molar-refractivity contribution in [2.45, 2.75) is 6.54 Å². The molecule has 3 rings (SSSR count). The lowest BCUT2D eigenvalue weighted by atomic mass is 10.2. The van der Waals surface area contributed by atoms with Crippen LogP contribution in [0.2, 0.25) is 5.02 Å².